The number of hydrogen-bond donors (Lipinski definition) is 2. The first kappa shape index (κ1) is 12.3. The van der Waals surface area contributed by atoms with Crippen LogP contribution in [0, 0.1) is 5.92 Å². The first-order chi connectivity index (χ1) is 9.20. The van der Waals surface area contributed by atoms with Gasteiger partial charge in [0.05, 0.1) is 5.75 Å². The Morgan fingerprint density at radius 2 is 2.37 bits per heavy atom. The van der Waals surface area contributed by atoms with Gasteiger partial charge in [0, 0.05) is 12.2 Å². The van der Waals surface area contributed by atoms with Gasteiger partial charge in [-0.2, -0.15) is 0 Å². The second kappa shape index (κ2) is 5.13. The van der Waals surface area contributed by atoms with Gasteiger partial charge in [-0.15, -0.1) is 0 Å². The summed E-state index contributed by atoms with van der Waals surface area (Å²) in [5.74, 6) is 1.05. The molecule has 1 aliphatic carbocycles. The first-order valence-electron chi connectivity index (χ1n) is 6.26. The largest absolute Gasteiger partial charge is 0.431 e. The summed E-state index contributed by atoms with van der Waals surface area (Å²) in [4.78, 5) is 15.9. The molecule has 2 aromatic rings. The van der Waals surface area contributed by atoms with Crippen LogP contribution in [-0.4, -0.2) is 23.2 Å². The van der Waals surface area contributed by atoms with E-state index in [4.69, 9.17) is 10.2 Å². The summed E-state index contributed by atoms with van der Waals surface area (Å²) in [7, 11) is 0. The second-order valence-electron chi connectivity index (χ2n) is 4.74. The van der Waals surface area contributed by atoms with Crippen molar-refractivity contribution in [1.29, 1.82) is 0 Å². The van der Waals surface area contributed by atoms with Crippen molar-refractivity contribution < 1.29 is 9.21 Å². The highest BCUT2D eigenvalue weighted by Crippen LogP contribution is 2.28. The number of carbonyl (C=O) groups excluding carboxylic acids is 1. The fourth-order valence-corrected chi connectivity index (χ4v) is 2.41. The van der Waals surface area contributed by atoms with Gasteiger partial charge in [0.25, 0.3) is 5.22 Å². The van der Waals surface area contributed by atoms with Gasteiger partial charge in [0.2, 0.25) is 5.91 Å². The minimum Gasteiger partial charge on any atom is -0.431 e. The third-order valence-electron chi connectivity index (χ3n) is 3.00. The molecule has 1 saturated carbocycles. The highest BCUT2D eigenvalue weighted by Gasteiger charge is 2.21. The van der Waals surface area contributed by atoms with E-state index in [0.717, 1.165) is 12.1 Å². The number of amides is 1. The molecule has 0 unspecified atom stereocenters. The van der Waals surface area contributed by atoms with E-state index in [1.807, 2.05) is 0 Å². The van der Waals surface area contributed by atoms with E-state index in [9.17, 15) is 4.79 Å². The molecule has 5 nitrogen and oxygen atoms in total. The number of anilines is 1. The van der Waals surface area contributed by atoms with Gasteiger partial charge in [-0.3, -0.25) is 4.79 Å². The molecular formula is C13H15N3O2S. The fraction of sp³-hybridized carbons (Fsp3) is 0.385. The lowest BCUT2D eigenvalue weighted by atomic mass is 10.3. The average molecular weight is 277 g/mol. The molecular weight excluding hydrogens is 262 g/mol. The molecule has 0 spiro atoms. The molecule has 19 heavy (non-hydrogen) atoms. The third-order valence-corrected chi connectivity index (χ3v) is 3.83. The lowest BCUT2D eigenvalue weighted by Crippen LogP contribution is -2.27. The number of oxazole rings is 1. The Hall–Kier alpha value is -1.69. The van der Waals surface area contributed by atoms with E-state index < -0.39 is 0 Å². The van der Waals surface area contributed by atoms with Crippen molar-refractivity contribution in [3.05, 3.63) is 18.2 Å². The van der Waals surface area contributed by atoms with E-state index in [1.165, 1.54) is 24.6 Å². The predicted octanol–water partition coefficient (Wildman–Crippen LogP) is 2.03. The predicted molar refractivity (Wildman–Crippen MR) is 74.9 cm³/mol. The molecule has 1 heterocycles. The Bertz CT molecular complexity index is 607. The van der Waals surface area contributed by atoms with Crippen LogP contribution in [0.1, 0.15) is 12.8 Å². The number of nitrogens with one attached hydrogen (secondary N) is 1. The van der Waals surface area contributed by atoms with Crippen LogP contribution in [0.15, 0.2) is 27.8 Å². The second-order valence-corrected chi connectivity index (χ2v) is 5.67. The topological polar surface area (TPSA) is 81.1 Å². The zero-order valence-corrected chi connectivity index (χ0v) is 11.2. The van der Waals surface area contributed by atoms with E-state index in [1.54, 1.807) is 18.2 Å². The van der Waals surface area contributed by atoms with Crippen molar-refractivity contribution in [2.24, 2.45) is 5.92 Å². The van der Waals surface area contributed by atoms with Gasteiger partial charge in [0.1, 0.15) is 5.52 Å². The summed E-state index contributed by atoms with van der Waals surface area (Å²) in [6.07, 6.45) is 2.47. The highest BCUT2D eigenvalue weighted by atomic mass is 32.2. The van der Waals surface area contributed by atoms with Gasteiger partial charge in [0.15, 0.2) is 5.58 Å². The summed E-state index contributed by atoms with van der Waals surface area (Å²) >= 11 is 1.30. The fourth-order valence-electron chi connectivity index (χ4n) is 1.74. The molecule has 1 aromatic heterocycles. The maximum absolute atomic E-state index is 11.6. The number of rotatable bonds is 5. The van der Waals surface area contributed by atoms with E-state index in [0.29, 0.717) is 28.2 Å². The number of carbonyl (C=O) groups is 1. The summed E-state index contributed by atoms with van der Waals surface area (Å²) in [5, 5.41) is 3.41. The molecule has 0 atom stereocenters. The highest BCUT2D eigenvalue weighted by molar-refractivity contribution is 7.99. The Balaban J connectivity index is 1.56. The maximum atomic E-state index is 11.6. The van der Waals surface area contributed by atoms with Gasteiger partial charge >= 0.3 is 0 Å². The van der Waals surface area contributed by atoms with Crippen LogP contribution in [0.25, 0.3) is 11.1 Å². The van der Waals surface area contributed by atoms with Crippen LogP contribution in [0.2, 0.25) is 0 Å². The zero-order chi connectivity index (χ0) is 13.2. The molecule has 0 aliphatic heterocycles. The van der Waals surface area contributed by atoms with Crippen LogP contribution in [0.3, 0.4) is 0 Å². The summed E-state index contributed by atoms with van der Waals surface area (Å²) in [5.41, 5.74) is 7.74. The SMILES string of the molecule is Nc1ccc2oc(SCC(=O)NCC3CC3)nc2c1. The minimum atomic E-state index is 0.0265. The van der Waals surface area contributed by atoms with Crippen molar-refractivity contribution >= 4 is 34.5 Å². The molecule has 0 saturated heterocycles. The Kier molecular flexibility index (Phi) is 3.33. The summed E-state index contributed by atoms with van der Waals surface area (Å²) < 4.78 is 5.53. The number of aromatic nitrogens is 1. The van der Waals surface area contributed by atoms with E-state index >= 15 is 0 Å². The van der Waals surface area contributed by atoms with Gasteiger partial charge < -0.3 is 15.5 Å². The van der Waals surface area contributed by atoms with Gasteiger partial charge in [-0.1, -0.05) is 11.8 Å². The third kappa shape index (κ3) is 3.20. The Labute approximate surface area is 114 Å². The number of hydrogen-bond acceptors (Lipinski definition) is 5. The van der Waals surface area contributed by atoms with Crippen molar-refractivity contribution in [3.63, 3.8) is 0 Å². The summed E-state index contributed by atoms with van der Waals surface area (Å²) in [6, 6.07) is 5.31. The average Bonchev–Trinajstić information content (AvgIpc) is 3.13. The maximum Gasteiger partial charge on any atom is 0.257 e. The quantitative estimate of drug-likeness (QED) is 0.645. The van der Waals surface area contributed by atoms with Crippen LogP contribution in [0.4, 0.5) is 5.69 Å². The molecule has 0 bridgehead atoms. The van der Waals surface area contributed by atoms with E-state index in [2.05, 4.69) is 10.3 Å². The molecule has 1 amide bonds. The molecule has 3 N–H and O–H groups in total. The zero-order valence-electron chi connectivity index (χ0n) is 10.4. The number of thioether (sulfide) groups is 1. The molecule has 1 fully saturated rings. The van der Waals surface area contributed by atoms with Crippen molar-refractivity contribution in [1.82, 2.24) is 10.3 Å². The van der Waals surface area contributed by atoms with Crippen LogP contribution in [-0.2, 0) is 4.79 Å². The van der Waals surface area contributed by atoms with Crippen molar-refractivity contribution in [3.8, 4) is 0 Å². The lowest BCUT2D eigenvalue weighted by molar-refractivity contribution is -0.118. The van der Waals surface area contributed by atoms with Gasteiger partial charge in [-0.25, -0.2) is 4.98 Å². The molecule has 100 valence electrons. The molecule has 0 radical (unpaired) electrons. The van der Waals surface area contributed by atoms with Crippen LogP contribution < -0.4 is 11.1 Å². The van der Waals surface area contributed by atoms with Crippen LogP contribution in [0.5, 0.6) is 0 Å². The lowest BCUT2D eigenvalue weighted by Gasteiger charge is -2.01. The smallest absolute Gasteiger partial charge is 0.257 e. The first-order valence-corrected chi connectivity index (χ1v) is 7.25. The number of nitrogens with two attached hydrogens (primary N) is 1. The number of benzene rings is 1. The molecule has 6 heteroatoms. The molecule has 1 aromatic carbocycles. The van der Waals surface area contributed by atoms with Crippen LogP contribution >= 0.6 is 11.8 Å². The Morgan fingerprint density at radius 3 is 3.16 bits per heavy atom. The molecule has 3 rings (SSSR count). The molecule has 1 aliphatic rings. The number of nitrogens with zero attached hydrogens (tertiary/aromatic N) is 1. The Morgan fingerprint density at radius 1 is 1.53 bits per heavy atom. The summed E-state index contributed by atoms with van der Waals surface area (Å²) in [6.45, 7) is 0.795. The number of fused-ring (bicyclic) bond motifs is 1. The van der Waals surface area contributed by atoms with Crippen molar-refractivity contribution in [2.75, 3.05) is 18.0 Å². The van der Waals surface area contributed by atoms with E-state index in [-0.39, 0.29) is 5.91 Å². The number of nitrogen functional groups attached to an aromatic ring is 1. The minimum absolute atomic E-state index is 0.0265. The normalized spacial score (nSPS) is 14.7. The standard InChI is InChI=1S/C13H15N3O2S/c14-9-3-4-11-10(5-9)16-13(18-11)19-7-12(17)15-6-8-1-2-8/h3-5,8H,1-2,6-7,14H2,(H,15,17). The van der Waals surface area contributed by atoms with Gasteiger partial charge in [-0.05, 0) is 37.0 Å². The van der Waals surface area contributed by atoms with Crippen molar-refractivity contribution in [2.45, 2.75) is 18.1 Å². The monoisotopic (exact) mass is 277 g/mol.